The van der Waals surface area contributed by atoms with Crippen LogP contribution in [0.2, 0.25) is 0 Å². The highest BCUT2D eigenvalue weighted by molar-refractivity contribution is 5.59. The maximum atomic E-state index is 14.8. The second-order valence-electron chi connectivity index (χ2n) is 6.79. The molecule has 1 fully saturated rings. The molecular formula is C20H22FNO2. The molecule has 0 aromatic heterocycles. The first-order chi connectivity index (χ1) is 11.7. The molecule has 0 amide bonds. The van der Waals surface area contributed by atoms with Gasteiger partial charge in [-0.1, -0.05) is 36.4 Å². The Kier molecular flexibility index (Phi) is 4.02. The Balaban J connectivity index is 1.81. The van der Waals surface area contributed by atoms with E-state index in [1.54, 1.807) is 13.0 Å². The number of ether oxygens (including phenoxy) is 1. The predicted molar refractivity (Wildman–Crippen MR) is 91.4 cm³/mol. The lowest BCUT2D eigenvalue weighted by molar-refractivity contribution is -0.111. The van der Waals surface area contributed by atoms with Crippen LogP contribution in [-0.2, 0) is 4.74 Å². The Labute approximate surface area is 141 Å². The van der Waals surface area contributed by atoms with Crippen molar-refractivity contribution in [3.63, 3.8) is 0 Å². The summed E-state index contributed by atoms with van der Waals surface area (Å²) in [6.45, 7) is 1.76. The average molecular weight is 327 g/mol. The smallest absolute Gasteiger partial charge is 0.134 e. The van der Waals surface area contributed by atoms with Crippen molar-refractivity contribution in [3.05, 3.63) is 65.0 Å². The van der Waals surface area contributed by atoms with Crippen LogP contribution in [0.1, 0.15) is 41.7 Å². The molecule has 2 N–H and O–H groups in total. The van der Waals surface area contributed by atoms with E-state index in [1.165, 1.54) is 5.56 Å². The summed E-state index contributed by atoms with van der Waals surface area (Å²) in [5.41, 5.74) is 3.23. The number of rotatable bonds is 2. The number of nitrogens with one attached hydrogen (secondary N) is 1. The minimum absolute atomic E-state index is 0.0184. The second kappa shape index (κ2) is 6.19. The van der Waals surface area contributed by atoms with Crippen LogP contribution in [-0.4, -0.2) is 17.8 Å². The number of halogens is 1. The van der Waals surface area contributed by atoms with Crippen molar-refractivity contribution in [3.8, 4) is 0 Å². The fourth-order valence-electron chi connectivity index (χ4n) is 4.04. The number of anilines is 1. The largest absolute Gasteiger partial charge is 0.394 e. The molecule has 1 saturated heterocycles. The molecule has 2 aliphatic heterocycles. The Morgan fingerprint density at radius 2 is 1.96 bits per heavy atom. The molecule has 0 aliphatic carbocycles. The first-order valence-corrected chi connectivity index (χ1v) is 8.56. The third kappa shape index (κ3) is 2.50. The minimum Gasteiger partial charge on any atom is -0.394 e. The molecule has 4 rings (SSSR count). The first-order valence-electron chi connectivity index (χ1n) is 8.56. The molecule has 2 aliphatic rings. The van der Waals surface area contributed by atoms with Gasteiger partial charge in [0.15, 0.2) is 0 Å². The maximum absolute atomic E-state index is 14.8. The normalized spacial score (nSPS) is 28.6. The van der Waals surface area contributed by atoms with E-state index in [2.05, 4.69) is 17.4 Å². The van der Waals surface area contributed by atoms with Gasteiger partial charge in [0.25, 0.3) is 0 Å². The molecular weight excluding hydrogens is 305 g/mol. The number of aliphatic hydroxyl groups is 1. The van der Waals surface area contributed by atoms with Gasteiger partial charge in [0.1, 0.15) is 5.82 Å². The van der Waals surface area contributed by atoms with Gasteiger partial charge in [0.2, 0.25) is 0 Å². The van der Waals surface area contributed by atoms with Crippen LogP contribution < -0.4 is 5.32 Å². The van der Waals surface area contributed by atoms with Crippen LogP contribution in [0.3, 0.4) is 0 Å². The van der Waals surface area contributed by atoms with Crippen molar-refractivity contribution >= 4 is 5.69 Å². The number of hydrogen-bond donors (Lipinski definition) is 2. The molecule has 4 heteroatoms. The summed E-state index contributed by atoms with van der Waals surface area (Å²) >= 11 is 0. The lowest BCUT2D eigenvalue weighted by atomic mass is 9.76. The Bertz CT molecular complexity index is 734. The van der Waals surface area contributed by atoms with Gasteiger partial charge in [-0.3, -0.25) is 0 Å². The van der Waals surface area contributed by atoms with E-state index in [9.17, 15) is 9.50 Å². The number of aliphatic hydroxyl groups excluding tert-OH is 1. The lowest BCUT2D eigenvalue weighted by Gasteiger charge is -2.45. The summed E-state index contributed by atoms with van der Waals surface area (Å²) in [7, 11) is 0. The van der Waals surface area contributed by atoms with Crippen LogP contribution in [0.25, 0.3) is 0 Å². The number of benzene rings is 2. The quantitative estimate of drug-likeness (QED) is 0.871. The van der Waals surface area contributed by atoms with Gasteiger partial charge in [-0.05, 0) is 37.0 Å². The average Bonchev–Trinajstić information content (AvgIpc) is 2.64. The SMILES string of the molecule is Cc1ccc2c(c1F)[C@H]1O[C@@H](CO)CC[C@H]1[C@H](c1ccccc1)N2. The second-order valence-corrected chi connectivity index (χ2v) is 6.79. The van der Waals surface area contributed by atoms with Crippen molar-refractivity contribution in [1.82, 2.24) is 0 Å². The fourth-order valence-corrected chi connectivity index (χ4v) is 4.04. The summed E-state index contributed by atoms with van der Waals surface area (Å²) < 4.78 is 21.0. The molecule has 4 atom stereocenters. The molecule has 2 aromatic rings. The number of fused-ring (bicyclic) bond motifs is 3. The van der Waals surface area contributed by atoms with E-state index in [1.807, 2.05) is 24.3 Å². The zero-order valence-electron chi connectivity index (χ0n) is 13.7. The van der Waals surface area contributed by atoms with Crippen molar-refractivity contribution in [2.75, 3.05) is 11.9 Å². The van der Waals surface area contributed by atoms with E-state index in [0.29, 0.717) is 11.1 Å². The van der Waals surface area contributed by atoms with E-state index in [-0.39, 0.29) is 36.6 Å². The predicted octanol–water partition coefficient (Wildman–Crippen LogP) is 4.13. The summed E-state index contributed by atoms with van der Waals surface area (Å²) in [5, 5.41) is 13.0. The van der Waals surface area contributed by atoms with E-state index < -0.39 is 0 Å². The molecule has 0 unspecified atom stereocenters. The number of hydrogen-bond acceptors (Lipinski definition) is 3. The van der Waals surface area contributed by atoms with Crippen LogP contribution in [0.5, 0.6) is 0 Å². The van der Waals surface area contributed by atoms with E-state index in [0.717, 1.165) is 18.5 Å². The standard InChI is InChI=1S/C20H22FNO2/c1-12-7-10-16-17(18(12)21)20-15(9-8-14(11-23)24-20)19(22-16)13-5-3-2-4-6-13/h2-7,10,14-15,19-20,22-23H,8-9,11H2,1H3/t14-,15+,19+,20+/m1/s1. The fraction of sp³-hybridized carbons (Fsp3) is 0.400. The van der Waals surface area contributed by atoms with Gasteiger partial charge < -0.3 is 15.2 Å². The zero-order valence-corrected chi connectivity index (χ0v) is 13.7. The highest BCUT2D eigenvalue weighted by Crippen LogP contribution is 2.51. The molecule has 126 valence electrons. The minimum atomic E-state index is -0.322. The zero-order chi connectivity index (χ0) is 16.7. The Morgan fingerprint density at radius 1 is 1.17 bits per heavy atom. The molecule has 3 nitrogen and oxygen atoms in total. The number of aryl methyl sites for hydroxylation is 1. The van der Waals surface area contributed by atoms with Crippen LogP contribution >= 0.6 is 0 Å². The van der Waals surface area contributed by atoms with Gasteiger partial charge >= 0.3 is 0 Å². The highest BCUT2D eigenvalue weighted by atomic mass is 19.1. The third-order valence-corrected chi connectivity index (χ3v) is 5.31. The topological polar surface area (TPSA) is 41.5 Å². The molecule has 0 spiro atoms. The monoisotopic (exact) mass is 327 g/mol. The van der Waals surface area contributed by atoms with E-state index >= 15 is 0 Å². The Hall–Kier alpha value is -1.91. The summed E-state index contributed by atoms with van der Waals surface area (Å²) in [5.74, 6) is -0.0425. The van der Waals surface area contributed by atoms with Crippen molar-refractivity contribution in [2.45, 2.75) is 38.0 Å². The van der Waals surface area contributed by atoms with Crippen molar-refractivity contribution in [2.24, 2.45) is 5.92 Å². The lowest BCUT2D eigenvalue weighted by Crippen LogP contribution is -2.40. The van der Waals surface area contributed by atoms with Gasteiger partial charge in [0, 0.05) is 17.2 Å². The molecule has 0 saturated carbocycles. The van der Waals surface area contributed by atoms with Gasteiger partial charge in [-0.2, -0.15) is 0 Å². The Morgan fingerprint density at radius 3 is 2.71 bits per heavy atom. The maximum Gasteiger partial charge on any atom is 0.134 e. The first kappa shape index (κ1) is 15.6. The van der Waals surface area contributed by atoms with Crippen LogP contribution in [0, 0.1) is 18.7 Å². The van der Waals surface area contributed by atoms with Gasteiger partial charge in [-0.15, -0.1) is 0 Å². The third-order valence-electron chi connectivity index (χ3n) is 5.31. The van der Waals surface area contributed by atoms with Gasteiger partial charge in [0.05, 0.1) is 24.9 Å². The van der Waals surface area contributed by atoms with Crippen LogP contribution in [0.15, 0.2) is 42.5 Å². The van der Waals surface area contributed by atoms with Crippen molar-refractivity contribution in [1.29, 1.82) is 0 Å². The summed E-state index contributed by atoms with van der Waals surface area (Å²) in [6, 6.07) is 14.1. The molecule has 2 heterocycles. The van der Waals surface area contributed by atoms with Crippen LogP contribution in [0.4, 0.5) is 10.1 Å². The molecule has 0 radical (unpaired) electrons. The molecule has 0 bridgehead atoms. The summed E-state index contributed by atoms with van der Waals surface area (Å²) in [4.78, 5) is 0. The van der Waals surface area contributed by atoms with Crippen molar-refractivity contribution < 1.29 is 14.2 Å². The van der Waals surface area contributed by atoms with Gasteiger partial charge in [-0.25, -0.2) is 4.39 Å². The molecule has 24 heavy (non-hydrogen) atoms. The van der Waals surface area contributed by atoms with E-state index in [4.69, 9.17) is 4.74 Å². The molecule has 2 aromatic carbocycles. The highest BCUT2D eigenvalue weighted by Gasteiger charge is 2.43. The summed E-state index contributed by atoms with van der Waals surface area (Å²) in [6.07, 6.45) is 1.16.